The molecule has 2 rings (SSSR count). The van der Waals surface area contributed by atoms with Crippen LogP contribution in [-0.2, 0) is 5.41 Å². The molecule has 1 aromatic rings. The number of halogens is 2. The van der Waals surface area contributed by atoms with Crippen molar-refractivity contribution >= 4 is 11.6 Å². The molecule has 1 aliphatic carbocycles. The van der Waals surface area contributed by atoms with Crippen molar-refractivity contribution in [1.29, 1.82) is 0 Å². The Morgan fingerprint density at radius 2 is 2.14 bits per heavy atom. The van der Waals surface area contributed by atoms with Crippen molar-refractivity contribution in [2.75, 3.05) is 0 Å². The fourth-order valence-corrected chi connectivity index (χ4v) is 2.16. The molecule has 0 spiro atoms. The van der Waals surface area contributed by atoms with Gasteiger partial charge in [-0.15, -0.1) is 0 Å². The molecule has 0 saturated heterocycles. The molecule has 1 aromatic carbocycles. The largest absolute Gasteiger partial charge is 0.327 e. The molecule has 1 aliphatic rings. The van der Waals surface area contributed by atoms with E-state index in [9.17, 15) is 4.39 Å². The summed E-state index contributed by atoms with van der Waals surface area (Å²) in [6.07, 6.45) is 1.95. The maximum atomic E-state index is 13.6. The molecule has 1 atom stereocenters. The fraction of sp³-hybridized carbons (Fsp3) is 0.455. The lowest BCUT2D eigenvalue weighted by Crippen LogP contribution is -2.32. The molecule has 0 heterocycles. The van der Waals surface area contributed by atoms with Crippen LogP contribution in [0, 0.1) is 5.82 Å². The lowest BCUT2D eigenvalue weighted by molar-refractivity contribution is 0.512. The summed E-state index contributed by atoms with van der Waals surface area (Å²) in [7, 11) is 0. The third kappa shape index (κ3) is 1.43. The first-order valence-electron chi connectivity index (χ1n) is 4.77. The Morgan fingerprint density at radius 1 is 1.50 bits per heavy atom. The van der Waals surface area contributed by atoms with Crippen molar-refractivity contribution in [3.05, 3.63) is 34.6 Å². The van der Waals surface area contributed by atoms with E-state index in [1.165, 1.54) is 6.07 Å². The molecular formula is C11H13ClFN. The van der Waals surface area contributed by atoms with Crippen molar-refractivity contribution in [3.8, 4) is 0 Å². The van der Waals surface area contributed by atoms with Crippen LogP contribution in [-0.4, -0.2) is 6.04 Å². The molecule has 1 nitrogen and oxygen atoms in total. The zero-order valence-corrected chi connectivity index (χ0v) is 8.81. The van der Waals surface area contributed by atoms with Crippen LogP contribution in [0.15, 0.2) is 18.2 Å². The van der Waals surface area contributed by atoms with Crippen molar-refractivity contribution < 1.29 is 4.39 Å². The Hall–Kier alpha value is -0.600. The summed E-state index contributed by atoms with van der Waals surface area (Å²) in [4.78, 5) is 0. The van der Waals surface area contributed by atoms with E-state index in [1.807, 2.05) is 6.92 Å². The molecule has 0 aromatic heterocycles. The molecule has 1 unspecified atom stereocenters. The number of hydrogen-bond acceptors (Lipinski definition) is 1. The van der Waals surface area contributed by atoms with Crippen LogP contribution in [0.4, 0.5) is 4.39 Å². The number of rotatable bonds is 2. The molecule has 0 bridgehead atoms. The van der Waals surface area contributed by atoms with Gasteiger partial charge in [0.05, 0.1) is 0 Å². The minimum absolute atomic E-state index is 0.00169. The molecule has 76 valence electrons. The van der Waals surface area contributed by atoms with Crippen molar-refractivity contribution in [1.82, 2.24) is 0 Å². The SMILES string of the molecule is CC(N)C1(c2ccc(Cl)cc2F)CC1. The average molecular weight is 214 g/mol. The normalized spacial score (nSPS) is 20.6. The number of benzene rings is 1. The highest BCUT2D eigenvalue weighted by atomic mass is 35.5. The van der Waals surface area contributed by atoms with Crippen LogP contribution < -0.4 is 5.73 Å². The van der Waals surface area contributed by atoms with Gasteiger partial charge in [-0.25, -0.2) is 4.39 Å². The summed E-state index contributed by atoms with van der Waals surface area (Å²) in [5, 5.41) is 0.437. The Bertz CT molecular complexity index is 358. The van der Waals surface area contributed by atoms with E-state index in [0.29, 0.717) is 5.02 Å². The summed E-state index contributed by atoms with van der Waals surface area (Å²) < 4.78 is 13.6. The molecule has 0 amide bonds. The number of nitrogens with two attached hydrogens (primary N) is 1. The predicted molar refractivity (Wildman–Crippen MR) is 56.0 cm³/mol. The van der Waals surface area contributed by atoms with E-state index >= 15 is 0 Å². The fourth-order valence-electron chi connectivity index (χ4n) is 2.00. The second-order valence-electron chi connectivity index (χ2n) is 4.07. The van der Waals surface area contributed by atoms with Gasteiger partial charge in [-0.1, -0.05) is 17.7 Å². The van der Waals surface area contributed by atoms with E-state index in [1.54, 1.807) is 12.1 Å². The summed E-state index contributed by atoms with van der Waals surface area (Å²) >= 11 is 5.70. The summed E-state index contributed by atoms with van der Waals surface area (Å²) in [6.45, 7) is 1.93. The van der Waals surface area contributed by atoms with Gasteiger partial charge >= 0.3 is 0 Å². The third-order valence-electron chi connectivity index (χ3n) is 3.13. The molecular weight excluding hydrogens is 201 g/mol. The highest BCUT2D eigenvalue weighted by molar-refractivity contribution is 6.30. The minimum Gasteiger partial charge on any atom is -0.327 e. The van der Waals surface area contributed by atoms with Crippen LogP contribution >= 0.6 is 11.6 Å². The van der Waals surface area contributed by atoms with E-state index in [4.69, 9.17) is 17.3 Å². The maximum Gasteiger partial charge on any atom is 0.128 e. The van der Waals surface area contributed by atoms with Gasteiger partial charge in [-0.2, -0.15) is 0 Å². The lowest BCUT2D eigenvalue weighted by Gasteiger charge is -2.20. The second-order valence-corrected chi connectivity index (χ2v) is 4.51. The van der Waals surface area contributed by atoms with Gasteiger partial charge in [0.2, 0.25) is 0 Å². The molecule has 1 saturated carbocycles. The Balaban J connectivity index is 2.42. The van der Waals surface area contributed by atoms with Crippen molar-refractivity contribution in [3.63, 3.8) is 0 Å². The van der Waals surface area contributed by atoms with Gasteiger partial charge < -0.3 is 5.73 Å². The second kappa shape index (κ2) is 3.21. The van der Waals surface area contributed by atoms with Crippen LogP contribution in [0.25, 0.3) is 0 Å². The maximum absolute atomic E-state index is 13.6. The van der Waals surface area contributed by atoms with Gasteiger partial charge in [0.25, 0.3) is 0 Å². The molecule has 2 N–H and O–H groups in total. The Morgan fingerprint density at radius 3 is 2.57 bits per heavy atom. The Labute approximate surface area is 88.1 Å². The van der Waals surface area contributed by atoms with E-state index < -0.39 is 0 Å². The van der Waals surface area contributed by atoms with Gasteiger partial charge in [-0.05, 0) is 37.5 Å². The zero-order chi connectivity index (χ0) is 10.3. The first-order chi connectivity index (χ1) is 6.56. The summed E-state index contributed by atoms with van der Waals surface area (Å²) in [5.41, 5.74) is 6.46. The quantitative estimate of drug-likeness (QED) is 0.803. The summed E-state index contributed by atoms with van der Waals surface area (Å²) in [6, 6.07) is 4.84. The third-order valence-corrected chi connectivity index (χ3v) is 3.36. The molecule has 3 heteroatoms. The van der Waals surface area contributed by atoms with Crippen LogP contribution in [0.2, 0.25) is 5.02 Å². The van der Waals surface area contributed by atoms with E-state index in [0.717, 1.165) is 18.4 Å². The van der Waals surface area contributed by atoms with Crippen LogP contribution in [0.1, 0.15) is 25.3 Å². The molecule has 1 fully saturated rings. The van der Waals surface area contributed by atoms with Gasteiger partial charge in [0, 0.05) is 16.5 Å². The first kappa shape index (κ1) is 9.94. The highest BCUT2D eigenvalue weighted by Crippen LogP contribution is 2.51. The topological polar surface area (TPSA) is 26.0 Å². The van der Waals surface area contributed by atoms with Crippen LogP contribution in [0.3, 0.4) is 0 Å². The highest BCUT2D eigenvalue weighted by Gasteiger charge is 2.48. The smallest absolute Gasteiger partial charge is 0.128 e. The molecule has 0 radical (unpaired) electrons. The van der Waals surface area contributed by atoms with E-state index in [-0.39, 0.29) is 17.3 Å². The van der Waals surface area contributed by atoms with Crippen LogP contribution in [0.5, 0.6) is 0 Å². The zero-order valence-electron chi connectivity index (χ0n) is 8.06. The first-order valence-corrected chi connectivity index (χ1v) is 5.15. The molecule has 0 aliphatic heterocycles. The van der Waals surface area contributed by atoms with Gasteiger partial charge in [0.1, 0.15) is 5.82 Å². The van der Waals surface area contributed by atoms with Gasteiger partial charge in [0.15, 0.2) is 0 Å². The monoisotopic (exact) mass is 213 g/mol. The van der Waals surface area contributed by atoms with E-state index in [2.05, 4.69) is 0 Å². The standard InChI is InChI=1S/C11H13ClFN/c1-7(14)11(4-5-11)9-3-2-8(12)6-10(9)13/h2-3,6-7H,4-5,14H2,1H3. The number of hydrogen-bond donors (Lipinski definition) is 1. The molecule has 14 heavy (non-hydrogen) atoms. The van der Waals surface area contributed by atoms with Gasteiger partial charge in [-0.3, -0.25) is 0 Å². The van der Waals surface area contributed by atoms with Crippen molar-refractivity contribution in [2.45, 2.75) is 31.2 Å². The average Bonchev–Trinajstić information content (AvgIpc) is 2.84. The predicted octanol–water partition coefficient (Wildman–Crippen LogP) is 2.86. The minimum atomic E-state index is -0.229. The lowest BCUT2D eigenvalue weighted by atomic mass is 9.89. The van der Waals surface area contributed by atoms with Crippen molar-refractivity contribution in [2.24, 2.45) is 5.73 Å². The Kier molecular flexibility index (Phi) is 2.28. The summed E-state index contributed by atoms with van der Waals surface area (Å²) in [5.74, 6) is -0.229.